The fourth-order valence-electron chi connectivity index (χ4n) is 5.64. The molecule has 0 bridgehead atoms. The van der Waals surface area contributed by atoms with E-state index >= 15 is 0 Å². The molecular weight excluding hydrogens is 398 g/mol. The number of aromatic nitrogens is 1. The van der Waals surface area contributed by atoms with Crippen molar-refractivity contribution in [2.24, 2.45) is 11.8 Å². The van der Waals surface area contributed by atoms with Crippen LogP contribution in [0.25, 0.3) is 22.2 Å². The predicted molar refractivity (Wildman–Crippen MR) is 128 cm³/mol. The number of hydrogen-bond donors (Lipinski definition) is 2. The van der Waals surface area contributed by atoms with Crippen molar-refractivity contribution in [1.82, 2.24) is 15.2 Å². The molecule has 1 aromatic heterocycles. The lowest BCUT2D eigenvalue weighted by Gasteiger charge is -2.39. The minimum absolute atomic E-state index is 0.401. The van der Waals surface area contributed by atoms with E-state index in [4.69, 9.17) is 4.98 Å². The molecule has 2 aromatic carbocycles. The van der Waals surface area contributed by atoms with Gasteiger partial charge in [-0.25, -0.2) is 9.78 Å². The first kappa shape index (κ1) is 21.1. The summed E-state index contributed by atoms with van der Waals surface area (Å²) in [4.78, 5) is 20.0. The van der Waals surface area contributed by atoms with E-state index < -0.39 is 5.97 Å². The summed E-state index contributed by atoms with van der Waals surface area (Å²) >= 11 is 0. The second-order valence-corrected chi connectivity index (χ2v) is 9.23. The number of likely N-dealkylation sites (tertiary alicyclic amines) is 1. The molecule has 166 valence electrons. The number of nitrogens with zero attached hydrogens (tertiary/aromatic N) is 2. The van der Waals surface area contributed by atoms with Crippen LogP contribution in [0, 0.1) is 11.8 Å². The Hall–Kier alpha value is -2.76. The van der Waals surface area contributed by atoms with E-state index in [1.165, 1.54) is 25.7 Å². The summed E-state index contributed by atoms with van der Waals surface area (Å²) in [5.74, 6) is 0.608. The number of rotatable bonds is 5. The smallest absolute Gasteiger partial charge is 0.336 e. The van der Waals surface area contributed by atoms with Crippen LogP contribution < -0.4 is 5.32 Å². The molecule has 2 N–H and O–H groups in total. The molecule has 0 amide bonds. The first-order chi connectivity index (χ1) is 15.7. The highest BCUT2D eigenvalue weighted by atomic mass is 16.4. The Labute approximate surface area is 189 Å². The van der Waals surface area contributed by atoms with Gasteiger partial charge in [0.2, 0.25) is 0 Å². The molecule has 0 spiro atoms. The third-order valence-corrected chi connectivity index (χ3v) is 7.23. The van der Waals surface area contributed by atoms with Crippen LogP contribution in [-0.2, 0) is 6.54 Å². The van der Waals surface area contributed by atoms with Crippen molar-refractivity contribution in [3.8, 4) is 11.3 Å². The zero-order valence-electron chi connectivity index (χ0n) is 18.5. The van der Waals surface area contributed by atoms with Gasteiger partial charge in [0.15, 0.2) is 0 Å². The summed E-state index contributed by atoms with van der Waals surface area (Å²) in [6.07, 6.45) is 4.98. The number of carbonyl (C=O) groups is 1. The summed E-state index contributed by atoms with van der Waals surface area (Å²) in [5.41, 5.74) is 3.75. The molecule has 5 rings (SSSR count). The van der Waals surface area contributed by atoms with Crippen molar-refractivity contribution >= 4 is 16.9 Å². The summed E-state index contributed by atoms with van der Waals surface area (Å²) in [6.45, 7) is 4.94. The molecule has 1 unspecified atom stereocenters. The number of hydrogen-bond acceptors (Lipinski definition) is 4. The molecule has 2 aliphatic heterocycles. The van der Waals surface area contributed by atoms with Gasteiger partial charge in [0.05, 0.1) is 16.8 Å². The molecule has 5 heteroatoms. The van der Waals surface area contributed by atoms with Crippen LogP contribution in [0.5, 0.6) is 0 Å². The van der Waals surface area contributed by atoms with Gasteiger partial charge in [-0.2, -0.15) is 0 Å². The lowest BCUT2D eigenvalue weighted by atomic mass is 9.80. The van der Waals surface area contributed by atoms with Gasteiger partial charge in [0, 0.05) is 29.6 Å². The van der Waals surface area contributed by atoms with Gasteiger partial charge in [-0.15, -0.1) is 0 Å². The van der Waals surface area contributed by atoms with Gasteiger partial charge in [-0.3, -0.25) is 4.90 Å². The van der Waals surface area contributed by atoms with Gasteiger partial charge in [0.25, 0.3) is 0 Å². The zero-order valence-corrected chi connectivity index (χ0v) is 18.5. The number of piperidine rings is 2. The Morgan fingerprint density at radius 3 is 2.53 bits per heavy atom. The highest BCUT2D eigenvalue weighted by Crippen LogP contribution is 2.34. The molecule has 3 heterocycles. The van der Waals surface area contributed by atoms with Crippen LogP contribution in [-0.4, -0.2) is 47.1 Å². The van der Waals surface area contributed by atoms with Crippen LogP contribution in [0.2, 0.25) is 0 Å². The highest BCUT2D eigenvalue weighted by molar-refractivity contribution is 6.05. The van der Waals surface area contributed by atoms with Crippen LogP contribution in [0.4, 0.5) is 0 Å². The van der Waals surface area contributed by atoms with Gasteiger partial charge in [-0.05, 0) is 63.2 Å². The molecule has 2 fully saturated rings. The Kier molecular flexibility index (Phi) is 6.19. The van der Waals surface area contributed by atoms with E-state index in [0.717, 1.165) is 59.8 Å². The quantitative estimate of drug-likeness (QED) is 0.609. The Balaban J connectivity index is 1.54. The maximum atomic E-state index is 12.5. The minimum Gasteiger partial charge on any atom is -0.478 e. The topological polar surface area (TPSA) is 65.5 Å². The maximum absolute atomic E-state index is 12.5. The predicted octanol–water partition coefficient (Wildman–Crippen LogP) is 4.81. The van der Waals surface area contributed by atoms with E-state index in [2.05, 4.69) is 10.2 Å². The maximum Gasteiger partial charge on any atom is 0.336 e. The van der Waals surface area contributed by atoms with Gasteiger partial charge in [-0.1, -0.05) is 48.5 Å². The summed E-state index contributed by atoms with van der Waals surface area (Å²) < 4.78 is 0. The SMILES string of the molecule is O=C(O)c1c(CN2CCCC(C3CCNCC3)C2)c(-c2ccccc2)nc2ccccc12. The standard InChI is InChI=1S/C27H31N3O2/c31-27(32)25-22-10-4-5-11-24(22)29-26(20-7-2-1-3-8-20)23(25)18-30-16-6-9-21(17-30)19-12-14-28-15-13-19/h1-5,7-8,10-11,19,21,28H,6,9,12-18H2,(H,31,32). The molecule has 2 aliphatic rings. The molecular formula is C27H31N3O2. The summed E-state index contributed by atoms with van der Waals surface area (Å²) in [7, 11) is 0. The number of aromatic carboxylic acids is 1. The summed E-state index contributed by atoms with van der Waals surface area (Å²) in [5, 5.41) is 14.5. The van der Waals surface area contributed by atoms with Crippen molar-refractivity contribution in [3.05, 3.63) is 65.7 Å². The number of pyridine rings is 1. The molecule has 0 saturated carbocycles. The first-order valence-electron chi connectivity index (χ1n) is 11.8. The lowest BCUT2D eigenvalue weighted by Crippen LogP contribution is -2.41. The normalized spacial score (nSPS) is 20.4. The average Bonchev–Trinajstić information content (AvgIpc) is 2.84. The minimum atomic E-state index is -0.873. The lowest BCUT2D eigenvalue weighted by molar-refractivity contribution is 0.0694. The number of carboxylic acid groups (broad SMARTS) is 1. The van der Waals surface area contributed by atoms with Crippen molar-refractivity contribution < 1.29 is 9.90 Å². The second kappa shape index (κ2) is 9.39. The molecule has 1 atom stereocenters. The van der Waals surface area contributed by atoms with E-state index in [-0.39, 0.29) is 0 Å². The largest absolute Gasteiger partial charge is 0.478 e. The van der Waals surface area contributed by atoms with Gasteiger partial charge >= 0.3 is 5.97 Å². The van der Waals surface area contributed by atoms with E-state index in [1.807, 2.05) is 54.6 Å². The molecule has 2 saturated heterocycles. The van der Waals surface area contributed by atoms with Crippen molar-refractivity contribution in [3.63, 3.8) is 0 Å². The van der Waals surface area contributed by atoms with Gasteiger partial charge in [0.1, 0.15) is 0 Å². The fourth-order valence-corrected chi connectivity index (χ4v) is 5.64. The Morgan fingerprint density at radius 1 is 1.00 bits per heavy atom. The van der Waals surface area contributed by atoms with Crippen LogP contribution in [0.15, 0.2) is 54.6 Å². The third kappa shape index (κ3) is 4.27. The highest BCUT2D eigenvalue weighted by Gasteiger charge is 2.30. The number of nitrogens with one attached hydrogen (secondary N) is 1. The molecule has 0 radical (unpaired) electrons. The number of para-hydroxylation sites is 1. The molecule has 32 heavy (non-hydrogen) atoms. The molecule has 5 nitrogen and oxygen atoms in total. The zero-order chi connectivity index (χ0) is 21.9. The fraction of sp³-hybridized carbons (Fsp3) is 0.407. The van der Waals surface area contributed by atoms with E-state index in [0.29, 0.717) is 18.0 Å². The number of carboxylic acids is 1. The Bertz CT molecular complexity index is 1090. The number of benzene rings is 2. The first-order valence-corrected chi connectivity index (χ1v) is 11.8. The average molecular weight is 430 g/mol. The van der Waals surface area contributed by atoms with Crippen molar-refractivity contribution in [2.75, 3.05) is 26.2 Å². The monoisotopic (exact) mass is 429 g/mol. The summed E-state index contributed by atoms with van der Waals surface area (Å²) in [6, 6.07) is 17.6. The number of fused-ring (bicyclic) bond motifs is 1. The van der Waals surface area contributed by atoms with Crippen LogP contribution in [0.1, 0.15) is 41.6 Å². The Morgan fingerprint density at radius 2 is 1.75 bits per heavy atom. The van der Waals surface area contributed by atoms with Crippen molar-refractivity contribution in [1.29, 1.82) is 0 Å². The molecule has 0 aliphatic carbocycles. The van der Waals surface area contributed by atoms with E-state index in [1.54, 1.807) is 0 Å². The second-order valence-electron chi connectivity index (χ2n) is 9.23. The van der Waals surface area contributed by atoms with Crippen LogP contribution >= 0.6 is 0 Å². The van der Waals surface area contributed by atoms with Gasteiger partial charge < -0.3 is 10.4 Å². The van der Waals surface area contributed by atoms with Crippen LogP contribution in [0.3, 0.4) is 0 Å². The third-order valence-electron chi connectivity index (χ3n) is 7.23. The van der Waals surface area contributed by atoms with E-state index in [9.17, 15) is 9.90 Å². The molecule has 3 aromatic rings. The van der Waals surface area contributed by atoms with Crippen molar-refractivity contribution in [2.45, 2.75) is 32.2 Å².